The Bertz CT molecular complexity index is 332. The van der Waals surface area contributed by atoms with Crippen LogP contribution in [0.25, 0.3) is 0 Å². The van der Waals surface area contributed by atoms with Crippen LogP contribution < -0.4 is 0 Å². The molecule has 0 amide bonds. The molecule has 0 heterocycles. The third kappa shape index (κ3) is 9.68. The molecule has 7 heteroatoms. The van der Waals surface area contributed by atoms with Gasteiger partial charge in [-0.05, 0) is 33.1 Å². The molecule has 0 saturated heterocycles. The highest BCUT2D eigenvalue weighted by atomic mass is 31.2. The minimum atomic E-state index is -4.20. The van der Waals surface area contributed by atoms with Crippen LogP contribution in [0.3, 0.4) is 0 Å². The molecule has 0 radical (unpaired) electrons. The summed E-state index contributed by atoms with van der Waals surface area (Å²) in [6.07, 6.45) is 8.20. The number of rotatable bonds is 11. The molecule has 0 spiro atoms. The molecule has 20 heavy (non-hydrogen) atoms. The SMILES string of the molecule is CC(C)=CCCCCCCCC([P+](=O)C=O)[P+](O)(O)O. The van der Waals surface area contributed by atoms with Crippen LogP contribution in [0.2, 0.25) is 0 Å². The fourth-order valence-electron chi connectivity index (χ4n) is 1.92. The van der Waals surface area contributed by atoms with E-state index in [0.717, 1.165) is 32.1 Å². The first-order chi connectivity index (χ1) is 9.29. The second kappa shape index (κ2) is 10.5. The minimum absolute atomic E-state index is 0.191. The lowest BCUT2D eigenvalue weighted by atomic mass is 10.1. The summed E-state index contributed by atoms with van der Waals surface area (Å²) in [5.74, 6) is 0. The Morgan fingerprint density at radius 2 is 1.65 bits per heavy atom. The van der Waals surface area contributed by atoms with Gasteiger partial charge in [0, 0.05) is 6.42 Å². The van der Waals surface area contributed by atoms with Gasteiger partial charge >= 0.3 is 27.2 Å². The molecule has 0 saturated carbocycles. The van der Waals surface area contributed by atoms with E-state index in [-0.39, 0.29) is 12.4 Å². The van der Waals surface area contributed by atoms with E-state index in [0.29, 0.717) is 6.42 Å². The largest absolute Gasteiger partial charge is 0.462 e. The smallest absolute Gasteiger partial charge is 0.244 e. The molecule has 0 fully saturated rings. The zero-order valence-corrected chi connectivity index (χ0v) is 14.0. The summed E-state index contributed by atoms with van der Waals surface area (Å²) in [5.41, 5.74) is 1.32. The molecule has 2 atom stereocenters. The van der Waals surface area contributed by atoms with E-state index >= 15 is 0 Å². The molecule has 0 aliphatic rings. The van der Waals surface area contributed by atoms with Crippen LogP contribution >= 0.6 is 15.7 Å². The quantitative estimate of drug-likeness (QED) is 0.233. The Morgan fingerprint density at radius 1 is 1.10 bits per heavy atom. The standard InChI is InChI=1S/C13H26O5P2/c1-12(2)9-7-5-3-4-6-8-10-13(19(15)11-14)20(16,17)18/h9,11,13,16-18H,3-8,10H2,1-2H3/q+2. The number of hydrogen-bond acceptors (Lipinski definition) is 5. The number of hydrogen-bond donors (Lipinski definition) is 3. The Labute approximate surface area is 122 Å². The van der Waals surface area contributed by atoms with Crippen LogP contribution in [-0.4, -0.2) is 26.1 Å². The van der Waals surface area contributed by atoms with Gasteiger partial charge < -0.3 is 0 Å². The van der Waals surface area contributed by atoms with Gasteiger partial charge in [-0.15, -0.1) is 0 Å². The summed E-state index contributed by atoms with van der Waals surface area (Å²) in [5, 5.41) is -1.19. The number of allylic oxidation sites excluding steroid dienone is 2. The van der Waals surface area contributed by atoms with Crippen LogP contribution in [0, 0.1) is 0 Å². The van der Waals surface area contributed by atoms with Crippen molar-refractivity contribution < 1.29 is 24.0 Å². The molecule has 116 valence electrons. The summed E-state index contributed by atoms with van der Waals surface area (Å²) in [6, 6.07) is 0.191. The van der Waals surface area contributed by atoms with Crippen molar-refractivity contribution in [1.82, 2.24) is 0 Å². The molecule has 0 aromatic rings. The molecule has 0 aliphatic carbocycles. The van der Waals surface area contributed by atoms with E-state index in [1.165, 1.54) is 5.57 Å². The normalized spacial score (nSPS) is 13.8. The van der Waals surface area contributed by atoms with Gasteiger partial charge in [0.25, 0.3) is 0 Å². The molecular weight excluding hydrogens is 298 g/mol. The maximum Gasteiger partial charge on any atom is 0.462 e. The highest BCUT2D eigenvalue weighted by molar-refractivity contribution is 7.77. The highest BCUT2D eigenvalue weighted by Gasteiger charge is 2.56. The predicted octanol–water partition coefficient (Wildman–Crippen LogP) is 3.77. The van der Waals surface area contributed by atoms with Crippen LogP contribution in [0.4, 0.5) is 0 Å². The van der Waals surface area contributed by atoms with Gasteiger partial charge in [0.15, 0.2) is 0 Å². The second-order valence-electron chi connectivity index (χ2n) is 5.19. The molecule has 0 rings (SSSR count). The van der Waals surface area contributed by atoms with E-state index in [2.05, 4.69) is 19.9 Å². The van der Waals surface area contributed by atoms with Crippen LogP contribution in [0.1, 0.15) is 58.8 Å². The van der Waals surface area contributed by atoms with E-state index in [1.807, 2.05) is 0 Å². The maximum atomic E-state index is 11.3. The zero-order valence-electron chi connectivity index (χ0n) is 12.2. The van der Waals surface area contributed by atoms with Crippen LogP contribution in [-0.2, 0) is 9.36 Å². The van der Waals surface area contributed by atoms with Gasteiger partial charge in [-0.2, -0.15) is 14.7 Å². The predicted molar refractivity (Wildman–Crippen MR) is 83.5 cm³/mol. The number of carbonyl (C=O) groups is 1. The Kier molecular flexibility index (Phi) is 10.4. The fraction of sp³-hybridized carbons (Fsp3) is 0.769. The summed E-state index contributed by atoms with van der Waals surface area (Å²) >= 11 is 0. The van der Waals surface area contributed by atoms with E-state index in [4.69, 9.17) is 0 Å². The van der Waals surface area contributed by atoms with Gasteiger partial charge in [-0.1, -0.05) is 35.5 Å². The molecule has 2 unspecified atom stereocenters. The highest BCUT2D eigenvalue weighted by Crippen LogP contribution is 2.60. The van der Waals surface area contributed by atoms with E-state index in [1.54, 1.807) is 0 Å². The third-order valence-electron chi connectivity index (χ3n) is 3.02. The molecule has 0 aromatic carbocycles. The minimum Gasteiger partial charge on any atom is -0.244 e. The van der Waals surface area contributed by atoms with E-state index < -0.39 is 21.1 Å². The molecule has 0 aromatic heterocycles. The fourth-order valence-corrected chi connectivity index (χ4v) is 4.41. The lowest BCUT2D eigenvalue weighted by Gasteiger charge is -2.07. The average molecular weight is 324 g/mol. The van der Waals surface area contributed by atoms with Crippen molar-refractivity contribution in [2.24, 2.45) is 0 Å². The summed E-state index contributed by atoms with van der Waals surface area (Å²) in [4.78, 5) is 38.0. The van der Waals surface area contributed by atoms with E-state index in [9.17, 15) is 24.0 Å². The van der Waals surface area contributed by atoms with Crippen LogP contribution in [0.15, 0.2) is 11.6 Å². The second-order valence-corrected chi connectivity index (χ2v) is 9.00. The molecular formula is C13H26O5P2+2. The van der Waals surface area contributed by atoms with Crippen molar-refractivity contribution in [2.75, 3.05) is 0 Å². The van der Waals surface area contributed by atoms with Crippen molar-refractivity contribution >= 4 is 21.8 Å². The van der Waals surface area contributed by atoms with Gasteiger partial charge in [0.1, 0.15) is 0 Å². The Hall–Kier alpha value is -0.180. The average Bonchev–Trinajstić information content (AvgIpc) is 2.34. The lowest BCUT2D eigenvalue weighted by molar-refractivity contribution is 0.322. The van der Waals surface area contributed by atoms with Crippen molar-refractivity contribution in [3.63, 3.8) is 0 Å². The monoisotopic (exact) mass is 324 g/mol. The summed E-state index contributed by atoms with van der Waals surface area (Å²) in [7, 11) is -6.60. The topological polar surface area (TPSA) is 94.8 Å². The van der Waals surface area contributed by atoms with Gasteiger partial charge in [0.2, 0.25) is 0 Å². The van der Waals surface area contributed by atoms with Crippen molar-refractivity contribution in [2.45, 2.75) is 64.2 Å². The summed E-state index contributed by atoms with van der Waals surface area (Å²) in [6.45, 7) is 4.14. The molecule has 0 bridgehead atoms. The van der Waals surface area contributed by atoms with Gasteiger partial charge in [-0.3, -0.25) is 0 Å². The van der Waals surface area contributed by atoms with Gasteiger partial charge in [-0.25, -0.2) is 4.79 Å². The lowest BCUT2D eigenvalue weighted by Crippen LogP contribution is -2.09. The van der Waals surface area contributed by atoms with Gasteiger partial charge in [0.05, 0.1) is 0 Å². The number of carbonyl (C=O) groups excluding carboxylic acids is 1. The Morgan fingerprint density at radius 3 is 2.15 bits per heavy atom. The van der Waals surface area contributed by atoms with Crippen LogP contribution in [0.5, 0.6) is 0 Å². The van der Waals surface area contributed by atoms with Crippen molar-refractivity contribution in [3.05, 3.63) is 11.6 Å². The molecule has 3 N–H and O–H groups in total. The first-order valence-electron chi connectivity index (χ1n) is 6.90. The first-order valence-corrected chi connectivity index (χ1v) is 10.0. The third-order valence-corrected chi connectivity index (χ3v) is 6.74. The Balaban J connectivity index is 3.83. The maximum absolute atomic E-state index is 11.3. The molecule has 0 aliphatic heterocycles. The zero-order chi connectivity index (χ0) is 15.6. The van der Waals surface area contributed by atoms with Crippen molar-refractivity contribution in [1.29, 1.82) is 0 Å². The molecule has 5 nitrogen and oxygen atoms in total. The first kappa shape index (κ1) is 19.8. The van der Waals surface area contributed by atoms with Crippen molar-refractivity contribution in [3.8, 4) is 0 Å². The summed E-state index contributed by atoms with van der Waals surface area (Å²) < 4.78 is 11.3. The number of unbranched alkanes of at least 4 members (excludes halogenated alkanes) is 5.